The second-order valence-electron chi connectivity index (χ2n) is 7.52. The second kappa shape index (κ2) is 10.7. The van der Waals surface area contributed by atoms with Gasteiger partial charge in [-0.05, 0) is 43.3 Å². The molecule has 0 bridgehead atoms. The van der Waals surface area contributed by atoms with Gasteiger partial charge in [0.1, 0.15) is 11.5 Å². The number of para-hydroxylation sites is 2. The molecule has 1 aliphatic heterocycles. The zero-order chi connectivity index (χ0) is 23.1. The Morgan fingerprint density at radius 1 is 1.03 bits per heavy atom. The number of benzene rings is 2. The number of hydrogen-bond acceptors (Lipinski definition) is 7. The molecule has 0 aliphatic carbocycles. The fourth-order valence-electron chi connectivity index (χ4n) is 3.74. The molecule has 32 heavy (non-hydrogen) atoms. The van der Waals surface area contributed by atoms with Crippen molar-refractivity contribution < 1.29 is 22.7 Å². The summed E-state index contributed by atoms with van der Waals surface area (Å²) in [6.45, 7) is 4.99. The molecule has 2 aromatic rings. The molecule has 1 heterocycles. The van der Waals surface area contributed by atoms with E-state index < -0.39 is 15.9 Å². The van der Waals surface area contributed by atoms with Gasteiger partial charge < -0.3 is 19.7 Å². The molecule has 1 saturated heterocycles. The highest BCUT2D eigenvalue weighted by atomic mass is 32.2. The van der Waals surface area contributed by atoms with Gasteiger partial charge in [0, 0.05) is 32.7 Å². The van der Waals surface area contributed by atoms with Crippen LogP contribution >= 0.6 is 0 Å². The summed E-state index contributed by atoms with van der Waals surface area (Å²) in [5.41, 5.74) is 1.25. The number of sulfonamides is 1. The van der Waals surface area contributed by atoms with Gasteiger partial charge in [0.05, 0.1) is 30.4 Å². The van der Waals surface area contributed by atoms with Crippen LogP contribution in [0.2, 0.25) is 0 Å². The summed E-state index contributed by atoms with van der Waals surface area (Å²) in [7, 11) is -0.798. The average molecular weight is 463 g/mol. The Hall–Kier alpha value is -2.82. The molecule has 0 saturated carbocycles. The second-order valence-corrected chi connectivity index (χ2v) is 9.08. The highest BCUT2D eigenvalue weighted by Crippen LogP contribution is 2.28. The molecular weight excluding hydrogens is 432 g/mol. The third-order valence-electron chi connectivity index (χ3n) is 5.48. The molecule has 2 aromatic carbocycles. The summed E-state index contributed by atoms with van der Waals surface area (Å²) in [5.74, 6) is 0.779. The Morgan fingerprint density at radius 3 is 2.38 bits per heavy atom. The number of ether oxygens (including phenoxy) is 2. The normalized spacial score (nSPS) is 14.8. The molecule has 0 unspecified atom stereocenters. The van der Waals surface area contributed by atoms with E-state index in [1.54, 1.807) is 7.11 Å². The number of methoxy groups -OCH3 is 2. The SMILES string of the molecule is COc1ccc(S(N)(=O)=O)cc1C(=O)NCCCN1CCN(c2ccccc2OC)CC1. The van der Waals surface area contributed by atoms with Crippen LogP contribution < -0.4 is 24.8 Å². The van der Waals surface area contributed by atoms with Crippen LogP contribution in [0.15, 0.2) is 47.4 Å². The summed E-state index contributed by atoms with van der Waals surface area (Å²) < 4.78 is 33.8. The Kier molecular flexibility index (Phi) is 7.94. The zero-order valence-electron chi connectivity index (χ0n) is 18.4. The van der Waals surface area contributed by atoms with Gasteiger partial charge in [-0.3, -0.25) is 9.69 Å². The van der Waals surface area contributed by atoms with E-state index in [2.05, 4.69) is 21.2 Å². The van der Waals surface area contributed by atoms with Crippen molar-refractivity contribution in [2.45, 2.75) is 11.3 Å². The van der Waals surface area contributed by atoms with Gasteiger partial charge in [-0.15, -0.1) is 0 Å². The number of hydrogen-bond donors (Lipinski definition) is 2. The van der Waals surface area contributed by atoms with E-state index in [9.17, 15) is 13.2 Å². The third-order valence-corrected chi connectivity index (χ3v) is 6.39. The number of nitrogens with two attached hydrogens (primary N) is 1. The molecular formula is C22H30N4O5S. The number of rotatable bonds is 9. The predicted molar refractivity (Wildman–Crippen MR) is 123 cm³/mol. The van der Waals surface area contributed by atoms with Crippen LogP contribution in [-0.2, 0) is 10.0 Å². The highest BCUT2D eigenvalue weighted by Gasteiger charge is 2.20. The van der Waals surface area contributed by atoms with Crippen LogP contribution in [0.5, 0.6) is 11.5 Å². The number of carbonyl (C=O) groups excluding carboxylic acids is 1. The number of primary sulfonamides is 1. The lowest BCUT2D eigenvalue weighted by Crippen LogP contribution is -2.47. The largest absolute Gasteiger partial charge is 0.496 e. The predicted octanol–water partition coefficient (Wildman–Crippen LogP) is 1.29. The molecule has 174 valence electrons. The van der Waals surface area contributed by atoms with Crippen LogP contribution in [0, 0.1) is 0 Å². The molecule has 0 atom stereocenters. The first-order valence-electron chi connectivity index (χ1n) is 10.4. The van der Waals surface area contributed by atoms with E-state index in [4.69, 9.17) is 14.6 Å². The fourth-order valence-corrected chi connectivity index (χ4v) is 4.28. The third kappa shape index (κ3) is 5.90. The number of nitrogens with one attached hydrogen (secondary N) is 1. The monoisotopic (exact) mass is 462 g/mol. The molecule has 0 spiro atoms. The Labute approximate surface area is 189 Å². The fraction of sp³-hybridized carbons (Fsp3) is 0.409. The molecule has 1 aliphatic rings. The topological polar surface area (TPSA) is 114 Å². The molecule has 0 aromatic heterocycles. The van der Waals surface area contributed by atoms with Gasteiger partial charge in [0.25, 0.3) is 5.91 Å². The van der Waals surface area contributed by atoms with Crippen molar-refractivity contribution in [2.24, 2.45) is 5.14 Å². The Morgan fingerprint density at radius 2 is 1.72 bits per heavy atom. The van der Waals surface area contributed by atoms with Crippen LogP contribution in [0.4, 0.5) is 5.69 Å². The first-order valence-corrected chi connectivity index (χ1v) is 12.0. The van der Waals surface area contributed by atoms with E-state index in [0.717, 1.165) is 50.6 Å². The van der Waals surface area contributed by atoms with Crippen LogP contribution in [0.3, 0.4) is 0 Å². The number of carbonyl (C=O) groups is 1. The van der Waals surface area contributed by atoms with Crippen molar-refractivity contribution in [3.8, 4) is 11.5 Å². The summed E-state index contributed by atoms with van der Waals surface area (Å²) in [6.07, 6.45) is 0.775. The molecule has 3 rings (SSSR count). The first kappa shape index (κ1) is 23.8. The van der Waals surface area contributed by atoms with Crippen molar-refractivity contribution in [1.82, 2.24) is 10.2 Å². The summed E-state index contributed by atoms with van der Waals surface area (Å²) in [6, 6.07) is 12.0. The van der Waals surface area contributed by atoms with Gasteiger partial charge in [0.15, 0.2) is 0 Å². The summed E-state index contributed by atoms with van der Waals surface area (Å²) >= 11 is 0. The summed E-state index contributed by atoms with van der Waals surface area (Å²) in [4.78, 5) is 17.1. The highest BCUT2D eigenvalue weighted by molar-refractivity contribution is 7.89. The van der Waals surface area contributed by atoms with E-state index in [1.165, 1.54) is 25.3 Å². The van der Waals surface area contributed by atoms with Crippen LogP contribution in [-0.4, -0.2) is 72.7 Å². The maximum Gasteiger partial charge on any atom is 0.255 e. The average Bonchev–Trinajstić information content (AvgIpc) is 2.81. The van der Waals surface area contributed by atoms with Gasteiger partial charge in [0.2, 0.25) is 10.0 Å². The number of amides is 1. The zero-order valence-corrected chi connectivity index (χ0v) is 19.2. The van der Waals surface area contributed by atoms with Crippen molar-refractivity contribution in [3.05, 3.63) is 48.0 Å². The molecule has 0 radical (unpaired) electrons. The minimum absolute atomic E-state index is 0.128. The maximum absolute atomic E-state index is 12.6. The van der Waals surface area contributed by atoms with E-state index in [-0.39, 0.29) is 10.5 Å². The van der Waals surface area contributed by atoms with Crippen molar-refractivity contribution in [3.63, 3.8) is 0 Å². The lowest BCUT2D eigenvalue weighted by atomic mass is 10.2. The molecule has 1 amide bonds. The molecule has 10 heteroatoms. The quantitative estimate of drug-likeness (QED) is 0.540. The minimum atomic E-state index is -3.91. The van der Waals surface area contributed by atoms with Crippen LogP contribution in [0.1, 0.15) is 16.8 Å². The maximum atomic E-state index is 12.6. The number of anilines is 1. The van der Waals surface area contributed by atoms with Crippen molar-refractivity contribution in [1.29, 1.82) is 0 Å². The lowest BCUT2D eigenvalue weighted by Gasteiger charge is -2.36. The lowest BCUT2D eigenvalue weighted by molar-refractivity contribution is 0.0948. The van der Waals surface area contributed by atoms with Gasteiger partial charge in [-0.25, -0.2) is 13.6 Å². The van der Waals surface area contributed by atoms with Gasteiger partial charge in [-0.1, -0.05) is 12.1 Å². The molecule has 1 fully saturated rings. The van der Waals surface area contributed by atoms with E-state index in [1.807, 2.05) is 18.2 Å². The molecule has 3 N–H and O–H groups in total. The standard InChI is InChI=1S/C22H30N4O5S/c1-30-20-9-8-17(32(23,28)29)16-18(20)22(27)24-10-5-11-25-12-14-26(15-13-25)19-6-3-4-7-21(19)31-2/h3-4,6-9,16H,5,10-15H2,1-2H3,(H,24,27)(H2,23,28,29). The van der Waals surface area contributed by atoms with Crippen molar-refractivity contribution >= 4 is 21.6 Å². The van der Waals surface area contributed by atoms with Gasteiger partial charge in [-0.2, -0.15) is 0 Å². The summed E-state index contributed by atoms with van der Waals surface area (Å²) in [5, 5.41) is 8.00. The molecule has 9 nitrogen and oxygen atoms in total. The van der Waals surface area contributed by atoms with E-state index >= 15 is 0 Å². The van der Waals surface area contributed by atoms with E-state index in [0.29, 0.717) is 12.3 Å². The van der Waals surface area contributed by atoms with Crippen molar-refractivity contribution in [2.75, 3.05) is 58.4 Å². The van der Waals surface area contributed by atoms with Gasteiger partial charge >= 0.3 is 0 Å². The number of nitrogens with zero attached hydrogens (tertiary/aromatic N) is 2. The Bertz CT molecular complexity index is 1040. The Balaban J connectivity index is 1.47. The minimum Gasteiger partial charge on any atom is -0.496 e. The smallest absolute Gasteiger partial charge is 0.255 e. The first-order chi connectivity index (χ1) is 15.3. The number of piperazine rings is 1. The van der Waals surface area contributed by atoms with Crippen LogP contribution in [0.25, 0.3) is 0 Å².